The molecular weight excluding hydrogens is 355 g/mol. The summed E-state index contributed by atoms with van der Waals surface area (Å²) in [5.74, 6) is 0.442. The zero-order chi connectivity index (χ0) is 12.4. The highest BCUT2D eigenvalue weighted by atomic mass is 127. The Balaban J connectivity index is 0. The molecular formula is C9H21IN4O2S. The Morgan fingerprint density at radius 2 is 2.18 bits per heavy atom. The molecule has 0 aliphatic rings. The summed E-state index contributed by atoms with van der Waals surface area (Å²) >= 11 is 0. The highest BCUT2D eigenvalue weighted by molar-refractivity contribution is 14.0. The molecule has 0 saturated carbocycles. The molecule has 0 atom stereocenters. The third kappa shape index (κ3) is 11.9. The van der Waals surface area contributed by atoms with E-state index in [1.807, 2.05) is 0 Å². The second kappa shape index (κ2) is 10.8. The summed E-state index contributed by atoms with van der Waals surface area (Å²) < 4.78 is 24.5. The summed E-state index contributed by atoms with van der Waals surface area (Å²) in [6, 6.07) is 0. The van der Waals surface area contributed by atoms with Crippen LogP contribution in [0.25, 0.3) is 0 Å². The van der Waals surface area contributed by atoms with Gasteiger partial charge in [0, 0.05) is 19.6 Å². The molecule has 0 spiro atoms. The summed E-state index contributed by atoms with van der Waals surface area (Å²) in [6.07, 6.45) is 2.30. The van der Waals surface area contributed by atoms with Gasteiger partial charge in [-0.3, -0.25) is 4.99 Å². The van der Waals surface area contributed by atoms with Gasteiger partial charge in [-0.25, -0.2) is 13.1 Å². The fraction of sp³-hybridized carbons (Fsp3) is 0.667. The first-order valence-corrected chi connectivity index (χ1v) is 6.79. The minimum Gasteiger partial charge on any atom is -0.370 e. The van der Waals surface area contributed by atoms with Gasteiger partial charge in [0.15, 0.2) is 5.96 Å². The van der Waals surface area contributed by atoms with Crippen molar-refractivity contribution >= 4 is 40.0 Å². The highest BCUT2D eigenvalue weighted by Gasteiger charge is 2.03. The Kier molecular flexibility index (Phi) is 12.1. The van der Waals surface area contributed by atoms with E-state index in [0.717, 1.165) is 0 Å². The van der Waals surface area contributed by atoms with Crippen LogP contribution in [-0.4, -0.2) is 39.8 Å². The Labute approximate surface area is 120 Å². The number of guanidine groups is 1. The van der Waals surface area contributed by atoms with E-state index in [-0.39, 0.29) is 29.7 Å². The van der Waals surface area contributed by atoms with Crippen molar-refractivity contribution in [2.75, 3.05) is 25.4 Å². The lowest BCUT2D eigenvalue weighted by atomic mass is 10.4. The zero-order valence-electron chi connectivity index (χ0n) is 9.98. The summed E-state index contributed by atoms with van der Waals surface area (Å²) in [6.45, 7) is 6.56. The first-order valence-electron chi connectivity index (χ1n) is 5.14. The van der Waals surface area contributed by atoms with Gasteiger partial charge in [-0.2, -0.15) is 0 Å². The van der Waals surface area contributed by atoms with Crippen LogP contribution in [0.3, 0.4) is 0 Å². The SMILES string of the molecule is C=CCNC(N)=NCCCNS(=O)(=O)CC.I. The van der Waals surface area contributed by atoms with E-state index in [2.05, 4.69) is 21.6 Å². The van der Waals surface area contributed by atoms with Gasteiger partial charge in [0.2, 0.25) is 10.0 Å². The number of halogens is 1. The van der Waals surface area contributed by atoms with Crippen LogP contribution < -0.4 is 15.8 Å². The molecule has 0 aromatic heterocycles. The second-order valence-electron chi connectivity index (χ2n) is 3.09. The molecule has 0 aliphatic carbocycles. The first kappa shape index (κ1) is 19.0. The molecule has 17 heavy (non-hydrogen) atoms. The molecule has 0 saturated heterocycles. The molecule has 0 radical (unpaired) electrons. The van der Waals surface area contributed by atoms with Gasteiger partial charge in [0.25, 0.3) is 0 Å². The van der Waals surface area contributed by atoms with E-state index in [1.165, 1.54) is 0 Å². The maximum Gasteiger partial charge on any atom is 0.211 e. The van der Waals surface area contributed by atoms with Crippen molar-refractivity contribution in [2.24, 2.45) is 10.7 Å². The third-order valence-corrected chi connectivity index (χ3v) is 3.15. The summed E-state index contributed by atoms with van der Waals surface area (Å²) in [7, 11) is -3.09. The number of hydrogen-bond acceptors (Lipinski definition) is 3. The van der Waals surface area contributed by atoms with Gasteiger partial charge in [0.05, 0.1) is 5.75 Å². The Morgan fingerprint density at radius 1 is 1.53 bits per heavy atom. The molecule has 0 aromatic carbocycles. The second-order valence-corrected chi connectivity index (χ2v) is 5.18. The molecule has 0 rings (SSSR count). The average Bonchev–Trinajstić information content (AvgIpc) is 2.25. The minimum atomic E-state index is -3.09. The standard InChI is InChI=1S/C9H20N4O2S.HI/c1-3-6-11-9(10)12-7-5-8-13-16(14,15)4-2;/h3,13H,1,4-8H2,2H3,(H3,10,11,12);1H. The van der Waals surface area contributed by atoms with Crippen molar-refractivity contribution in [3.05, 3.63) is 12.7 Å². The number of aliphatic imine (C=N–C) groups is 1. The summed E-state index contributed by atoms with van der Waals surface area (Å²) in [5.41, 5.74) is 5.51. The van der Waals surface area contributed by atoms with Crippen molar-refractivity contribution in [2.45, 2.75) is 13.3 Å². The van der Waals surface area contributed by atoms with Gasteiger partial charge < -0.3 is 11.1 Å². The quantitative estimate of drug-likeness (QED) is 0.183. The maximum absolute atomic E-state index is 11.0. The van der Waals surface area contributed by atoms with Gasteiger partial charge >= 0.3 is 0 Å². The molecule has 0 heterocycles. The number of nitrogens with two attached hydrogens (primary N) is 1. The third-order valence-electron chi connectivity index (χ3n) is 1.75. The van der Waals surface area contributed by atoms with E-state index in [1.54, 1.807) is 13.0 Å². The van der Waals surface area contributed by atoms with Gasteiger partial charge in [-0.1, -0.05) is 6.08 Å². The van der Waals surface area contributed by atoms with E-state index < -0.39 is 10.0 Å². The average molecular weight is 376 g/mol. The number of hydrogen-bond donors (Lipinski definition) is 3. The zero-order valence-corrected chi connectivity index (χ0v) is 13.1. The lowest BCUT2D eigenvalue weighted by Gasteiger charge is -2.03. The highest BCUT2D eigenvalue weighted by Crippen LogP contribution is 1.85. The lowest BCUT2D eigenvalue weighted by Crippen LogP contribution is -2.32. The predicted molar refractivity (Wildman–Crippen MR) is 82.2 cm³/mol. The number of rotatable bonds is 8. The number of nitrogens with zero attached hydrogens (tertiary/aromatic N) is 1. The van der Waals surface area contributed by atoms with E-state index in [9.17, 15) is 8.42 Å². The molecule has 0 amide bonds. The number of sulfonamides is 1. The maximum atomic E-state index is 11.0. The smallest absolute Gasteiger partial charge is 0.211 e. The Hall–Kier alpha value is -0.350. The van der Waals surface area contributed by atoms with E-state index in [4.69, 9.17) is 5.73 Å². The van der Waals surface area contributed by atoms with Crippen molar-refractivity contribution in [1.82, 2.24) is 10.0 Å². The van der Waals surface area contributed by atoms with Crippen molar-refractivity contribution in [3.8, 4) is 0 Å². The van der Waals surface area contributed by atoms with Crippen LogP contribution in [0.1, 0.15) is 13.3 Å². The first-order chi connectivity index (χ1) is 7.52. The van der Waals surface area contributed by atoms with Crippen LogP contribution in [0.4, 0.5) is 0 Å². The topological polar surface area (TPSA) is 96.6 Å². The van der Waals surface area contributed by atoms with Gasteiger partial charge in [-0.15, -0.1) is 30.6 Å². The van der Waals surface area contributed by atoms with Gasteiger partial charge in [-0.05, 0) is 13.3 Å². The molecule has 0 unspecified atom stereocenters. The normalized spacial score (nSPS) is 11.7. The van der Waals surface area contributed by atoms with Crippen LogP contribution in [-0.2, 0) is 10.0 Å². The molecule has 8 heteroatoms. The minimum absolute atomic E-state index is 0. The van der Waals surface area contributed by atoms with E-state index in [0.29, 0.717) is 32.0 Å². The molecule has 0 aliphatic heterocycles. The van der Waals surface area contributed by atoms with Crippen LogP contribution in [0.5, 0.6) is 0 Å². The molecule has 0 bridgehead atoms. The molecule has 0 fully saturated rings. The van der Waals surface area contributed by atoms with E-state index >= 15 is 0 Å². The van der Waals surface area contributed by atoms with Crippen LogP contribution in [0.15, 0.2) is 17.6 Å². The van der Waals surface area contributed by atoms with Gasteiger partial charge in [0.1, 0.15) is 0 Å². The summed E-state index contributed by atoms with van der Waals surface area (Å²) in [4.78, 5) is 4.01. The summed E-state index contributed by atoms with van der Waals surface area (Å²) in [5, 5.41) is 2.82. The van der Waals surface area contributed by atoms with Crippen LogP contribution in [0, 0.1) is 0 Å². The largest absolute Gasteiger partial charge is 0.370 e. The predicted octanol–water partition coefficient (Wildman–Crippen LogP) is 0.0241. The fourth-order valence-corrected chi connectivity index (χ4v) is 1.50. The molecule has 0 aromatic rings. The van der Waals surface area contributed by atoms with Crippen molar-refractivity contribution in [3.63, 3.8) is 0 Å². The monoisotopic (exact) mass is 376 g/mol. The number of nitrogens with one attached hydrogen (secondary N) is 2. The molecule has 4 N–H and O–H groups in total. The van der Waals surface area contributed by atoms with Crippen molar-refractivity contribution < 1.29 is 8.42 Å². The molecule has 6 nitrogen and oxygen atoms in total. The van der Waals surface area contributed by atoms with Crippen molar-refractivity contribution in [1.29, 1.82) is 0 Å². The fourth-order valence-electron chi connectivity index (χ4n) is 0.841. The Bertz CT molecular complexity index is 330. The molecule has 102 valence electrons. The van der Waals surface area contributed by atoms with Crippen LogP contribution in [0.2, 0.25) is 0 Å². The Morgan fingerprint density at radius 3 is 2.71 bits per heavy atom. The lowest BCUT2D eigenvalue weighted by molar-refractivity contribution is 0.581. The van der Waals surface area contributed by atoms with Crippen LogP contribution >= 0.6 is 24.0 Å².